The predicted octanol–water partition coefficient (Wildman–Crippen LogP) is 6.35. The van der Waals surface area contributed by atoms with Gasteiger partial charge >= 0.3 is 0 Å². The van der Waals surface area contributed by atoms with Crippen LogP contribution >= 0.6 is 11.6 Å². The number of carbonyl (C=O) groups excluding carboxylic acids is 2. The Morgan fingerprint density at radius 1 is 0.826 bits per heavy atom. The maximum atomic E-state index is 14.5. The van der Waals surface area contributed by atoms with Crippen LogP contribution in [-0.2, 0) is 32.6 Å². The Balaban J connectivity index is 1.76. The second kappa shape index (κ2) is 16.3. The van der Waals surface area contributed by atoms with Gasteiger partial charge in [0.15, 0.2) is 0 Å². The van der Waals surface area contributed by atoms with Crippen LogP contribution in [0.15, 0.2) is 114 Å². The van der Waals surface area contributed by atoms with Crippen molar-refractivity contribution in [1.82, 2.24) is 10.2 Å². The summed E-state index contributed by atoms with van der Waals surface area (Å²) in [6.07, 6.45) is 0.237. The molecule has 1 atom stereocenters. The lowest BCUT2D eigenvalue weighted by atomic mass is 10.0. The third-order valence-electron chi connectivity index (χ3n) is 7.27. The van der Waals surface area contributed by atoms with E-state index >= 15 is 0 Å². The van der Waals surface area contributed by atoms with Gasteiger partial charge in [0.2, 0.25) is 11.8 Å². The fraction of sp³-hybridized carbons (Fsp3) is 0.278. The molecule has 4 rings (SSSR count). The molecular weight excluding hydrogens is 622 g/mol. The molecule has 242 valence electrons. The topological polar surface area (TPSA) is 96.0 Å². The molecule has 0 spiro atoms. The summed E-state index contributed by atoms with van der Waals surface area (Å²) < 4.78 is 34.9. The molecule has 4 aromatic rings. The molecule has 0 bridgehead atoms. The lowest BCUT2D eigenvalue weighted by Crippen LogP contribution is -2.53. The largest absolute Gasteiger partial charge is 0.494 e. The number of benzene rings is 4. The van der Waals surface area contributed by atoms with Crippen LogP contribution in [0.25, 0.3) is 0 Å². The Hall–Kier alpha value is -4.34. The molecule has 46 heavy (non-hydrogen) atoms. The number of amides is 2. The first-order valence-electron chi connectivity index (χ1n) is 15.2. The first-order chi connectivity index (χ1) is 22.1. The van der Waals surface area contributed by atoms with Crippen molar-refractivity contribution in [1.29, 1.82) is 0 Å². The second-order valence-electron chi connectivity index (χ2n) is 11.2. The molecule has 0 aliphatic heterocycles. The molecular formula is C36H40ClN3O5S. The summed E-state index contributed by atoms with van der Waals surface area (Å²) in [7, 11) is -4.21. The molecule has 1 unspecified atom stereocenters. The van der Waals surface area contributed by atoms with E-state index in [-0.39, 0.29) is 29.7 Å². The van der Waals surface area contributed by atoms with Gasteiger partial charge in [-0.2, -0.15) is 0 Å². The number of nitrogens with zero attached hydrogens (tertiary/aromatic N) is 2. The number of anilines is 1. The standard InChI is InChI=1S/C36H40ClN3O5S/c1-4-45-32-19-21-33(22-20-32)46(43,44)40(31-13-9-6-10-14-31)26-35(41)39(25-29-15-17-30(37)18-16-29)34(36(42)38-24-27(2)3)23-28-11-7-5-8-12-28/h5-22,27,34H,4,23-26H2,1-3H3,(H,38,42). The summed E-state index contributed by atoms with van der Waals surface area (Å²) in [6.45, 7) is 6.23. The van der Waals surface area contributed by atoms with E-state index in [1.54, 1.807) is 66.7 Å². The van der Waals surface area contributed by atoms with Crippen molar-refractivity contribution in [2.45, 2.75) is 44.7 Å². The summed E-state index contributed by atoms with van der Waals surface area (Å²) in [5, 5.41) is 3.53. The SMILES string of the molecule is CCOc1ccc(S(=O)(=O)N(CC(=O)N(Cc2ccc(Cl)cc2)C(Cc2ccccc2)C(=O)NCC(C)C)c2ccccc2)cc1. The van der Waals surface area contributed by atoms with Gasteiger partial charge in [-0.25, -0.2) is 8.42 Å². The van der Waals surface area contributed by atoms with Crippen molar-refractivity contribution >= 4 is 39.1 Å². The summed E-state index contributed by atoms with van der Waals surface area (Å²) in [4.78, 5) is 29.8. The number of hydrogen-bond acceptors (Lipinski definition) is 5. The van der Waals surface area contributed by atoms with Crippen LogP contribution < -0.4 is 14.4 Å². The zero-order valence-electron chi connectivity index (χ0n) is 26.3. The minimum atomic E-state index is -4.21. The molecule has 8 nitrogen and oxygen atoms in total. The van der Waals surface area contributed by atoms with Gasteiger partial charge in [0.05, 0.1) is 17.2 Å². The Bertz CT molecular complexity index is 1670. The van der Waals surface area contributed by atoms with Crippen molar-refractivity contribution < 1.29 is 22.7 Å². The van der Waals surface area contributed by atoms with Gasteiger partial charge in [0, 0.05) is 24.5 Å². The highest BCUT2D eigenvalue weighted by Gasteiger charge is 2.34. The monoisotopic (exact) mass is 661 g/mol. The number of hydrogen-bond donors (Lipinski definition) is 1. The summed E-state index contributed by atoms with van der Waals surface area (Å²) >= 11 is 6.15. The van der Waals surface area contributed by atoms with Crippen molar-refractivity contribution in [2.75, 3.05) is 24.0 Å². The number of para-hydroxylation sites is 1. The van der Waals surface area contributed by atoms with E-state index in [0.29, 0.717) is 29.6 Å². The lowest BCUT2D eigenvalue weighted by Gasteiger charge is -2.34. The van der Waals surface area contributed by atoms with E-state index in [1.807, 2.05) is 51.1 Å². The lowest BCUT2D eigenvalue weighted by molar-refractivity contribution is -0.140. The van der Waals surface area contributed by atoms with E-state index in [9.17, 15) is 18.0 Å². The van der Waals surface area contributed by atoms with Crippen LogP contribution in [-0.4, -0.2) is 50.9 Å². The number of nitrogens with one attached hydrogen (secondary N) is 1. The van der Waals surface area contributed by atoms with E-state index in [2.05, 4.69) is 5.32 Å². The van der Waals surface area contributed by atoms with Gasteiger partial charge < -0.3 is 15.0 Å². The normalized spacial score (nSPS) is 11.9. The van der Waals surface area contributed by atoms with Crippen molar-refractivity contribution in [3.05, 3.63) is 125 Å². The van der Waals surface area contributed by atoms with Crippen LogP contribution in [0.3, 0.4) is 0 Å². The van der Waals surface area contributed by atoms with E-state index in [4.69, 9.17) is 16.3 Å². The number of carbonyl (C=O) groups is 2. The maximum Gasteiger partial charge on any atom is 0.264 e. The van der Waals surface area contributed by atoms with Gasteiger partial charge in [-0.15, -0.1) is 0 Å². The van der Waals surface area contributed by atoms with Gasteiger partial charge in [-0.05, 0) is 72.5 Å². The maximum absolute atomic E-state index is 14.5. The molecule has 1 N–H and O–H groups in total. The minimum absolute atomic E-state index is 0.00682. The zero-order chi connectivity index (χ0) is 33.1. The smallest absolute Gasteiger partial charge is 0.264 e. The van der Waals surface area contributed by atoms with Crippen molar-refractivity contribution in [2.24, 2.45) is 5.92 Å². The molecule has 0 saturated heterocycles. The highest BCUT2D eigenvalue weighted by molar-refractivity contribution is 7.92. The van der Waals surface area contributed by atoms with Crippen molar-refractivity contribution in [3.8, 4) is 5.75 Å². The van der Waals surface area contributed by atoms with Gasteiger partial charge in [-0.3, -0.25) is 13.9 Å². The van der Waals surface area contributed by atoms with Crippen molar-refractivity contribution in [3.63, 3.8) is 0 Å². The first kappa shape index (κ1) is 34.5. The number of halogens is 1. The number of rotatable bonds is 15. The fourth-order valence-corrected chi connectivity index (χ4v) is 6.43. The highest BCUT2D eigenvalue weighted by Crippen LogP contribution is 2.26. The second-order valence-corrected chi connectivity index (χ2v) is 13.5. The average molecular weight is 662 g/mol. The van der Waals surface area contributed by atoms with E-state index < -0.39 is 28.5 Å². The zero-order valence-corrected chi connectivity index (χ0v) is 27.9. The third-order valence-corrected chi connectivity index (χ3v) is 9.31. The molecule has 0 aliphatic carbocycles. The van der Waals surface area contributed by atoms with E-state index in [0.717, 1.165) is 15.4 Å². The molecule has 0 fully saturated rings. The third kappa shape index (κ3) is 9.34. The van der Waals surface area contributed by atoms with Crippen LogP contribution in [0.5, 0.6) is 5.75 Å². The van der Waals surface area contributed by atoms with Crippen LogP contribution in [0.2, 0.25) is 5.02 Å². The molecule has 2 amide bonds. The summed E-state index contributed by atoms with van der Waals surface area (Å²) in [5.41, 5.74) is 1.93. The molecule has 0 aromatic heterocycles. The predicted molar refractivity (Wildman–Crippen MR) is 182 cm³/mol. The number of sulfonamides is 1. The average Bonchev–Trinajstić information content (AvgIpc) is 3.06. The summed E-state index contributed by atoms with van der Waals surface area (Å²) in [5.74, 6) is -0.127. The molecule has 10 heteroatoms. The molecule has 4 aromatic carbocycles. The quantitative estimate of drug-likeness (QED) is 0.160. The molecule has 0 radical (unpaired) electrons. The van der Waals surface area contributed by atoms with Crippen LogP contribution in [0.1, 0.15) is 31.9 Å². The number of ether oxygens (including phenoxy) is 1. The molecule has 0 aliphatic rings. The Morgan fingerprint density at radius 2 is 1.43 bits per heavy atom. The van der Waals surface area contributed by atoms with Gasteiger partial charge in [0.25, 0.3) is 10.0 Å². The molecule has 0 heterocycles. The Labute approximate surface area is 277 Å². The van der Waals surface area contributed by atoms with Gasteiger partial charge in [0.1, 0.15) is 18.3 Å². The van der Waals surface area contributed by atoms with E-state index in [1.165, 1.54) is 17.0 Å². The Kier molecular flexibility index (Phi) is 12.2. The summed E-state index contributed by atoms with van der Waals surface area (Å²) in [6, 6.07) is 30.1. The first-order valence-corrected chi connectivity index (χ1v) is 17.1. The molecule has 0 saturated carbocycles. The van der Waals surface area contributed by atoms with Crippen LogP contribution in [0.4, 0.5) is 5.69 Å². The highest BCUT2D eigenvalue weighted by atomic mass is 35.5. The van der Waals surface area contributed by atoms with Gasteiger partial charge in [-0.1, -0.05) is 86.1 Å². The fourth-order valence-electron chi connectivity index (χ4n) is 4.89. The van der Waals surface area contributed by atoms with Crippen LogP contribution in [0, 0.1) is 5.92 Å². The minimum Gasteiger partial charge on any atom is -0.494 e. The Morgan fingerprint density at radius 3 is 2.02 bits per heavy atom.